The molecule has 0 N–H and O–H groups in total. The minimum atomic E-state index is 0.191. The number of aromatic nitrogens is 2. The van der Waals surface area contributed by atoms with Crippen LogP contribution in [0.3, 0.4) is 0 Å². The van der Waals surface area contributed by atoms with Crippen LogP contribution >= 0.6 is 11.6 Å². The first kappa shape index (κ1) is 14.8. The summed E-state index contributed by atoms with van der Waals surface area (Å²) in [7, 11) is 1.82. The third kappa shape index (κ3) is 3.48. The average Bonchev–Trinajstić information content (AvgIpc) is 2.63. The number of hydrogen-bond acceptors (Lipinski definition) is 2. The highest BCUT2D eigenvalue weighted by Crippen LogP contribution is 2.20. The van der Waals surface area contributed by atoms with Gasteiger partial charge >= 0.3 is 0 Å². The monoisotopic (exact) mass is 290 g/mol. The zero-order valence-electron chi connectivity index (χ0n) is 12.1. The van der Waals surface area contributed by atoms with Crippen molar-refractivity contribution in [3.63, 3.8) is 0 Å². The second-order valence-corrected chi connectivity index (χ2v) is 5.55. The van der Waals surface area contributed by atoms with Crippen LogP contribution < -0.4 is 0 Å². The van der Waals surface area contributed by atoms with Gasteiger partial charge in [0.05, 0.1) is 16.4 Å². The molecule has 0 radical (unpaired) electrons. The Labute approximate surface area is 124 Å². The predicted molar refractivity (Wildman–Crippen MR) is 81.2 cm³/mol. The Bertz CT molecular complexity index is 631. The van der Waals surface area contributed by atoms with E-state index in [-0.39, 0.29) is 5.78 Å². The lowest BCUT2D eigenvalue weighted by Gasteiger charge is -2.04. The minimum Gasteiger partial charge on any atom is -0.299 e. The van der Waals surface area contributed by atoms with Crippen molar-refractivity contribution in [1.82, 2.24) is 9.78 Å². The van der Waals surface area contributed by atoms with Gasteiger partial charge in [0, 0.05) is 19.9 Å². The zero-order chi connectivity index (χ0) is 14.7. The summed E-state index contributed by atoms with van der Waals surface area (Å²) in [6.45, 7) is 3.91. The van der Waals surface area contributed by atoms with Crippen molar-refractivity contribution in [3.05, 3.63) is 51.8 Å². The molecule has 0 spiro atoms. The Kier molecular flexibility index (Phi) is 4.61. The highest BCUT2D eigenvalue weighted by molar-refractivity contribution is 6.32. The number of rotatable bonds is 5. The van der Waals surface area contributed by atoms with Crippen LogP contribution in [0.2, 0.25) is 5.02 Å². The second-order valence-electron chi connectivity index (χ2n) is 5.17. The largest absolute Gasteiger partial charge is 0.299 e. The first-order valence-electron chi connectivity index (χ1n) is 6.72. The molecule has 0 saturated heterocycles. The predicted octanol–water partition coefficient (Wildman–Crippen LogP) is 3.43. The SMILES string of the molecule is Cc1cccc(CCC(=O)Cc2c(Cl)c(C)nn2C)c1. The third-order valence-corrected chi connectivity index (χ3v) is 3.89. The van der Waals surface area contributed by atoms with Gasteiger partial charge in [0.2, 0.25) is 0 Å². The molecule has 0 aliphatic rings. The Morgan fingerprint density at radius 3 is 2.70 bits per heavy atom. The third-order valence-electron chi connectivity index (χ3n) is 3.40. The summed E-state index contributed by atoms with van der Waals surface area (Å²) < 4.78 is 1.70. The number of ketones is 1. The fraction of sp³-hybridized carbons (Fsp3) is 0.375. The quantitative estimate of drug-likeness (QED) is 0.845. The molecule has 3 nitrogen and oxygen atoms in total. The van der Waals surface area contributed by atoms with E-state index in [1.807, 2.05) is 20.0 Å². The summed E-state index contributed by atoms with van der Waals surface area (Å²) in [5.41, 5.74) is 4.00. The number of nitrogens with zero attached hydrogens (tertiary/aromatic N) is 2. The van der Waals surface area contributed by atoms with Crippen molar-refractivity contribution in [2.75, 3.05) is 0 Å². The van der Waals surface area contributed by atoms with Crippen molar-refractivity contribution in [2.24, 2.45) is 7.05 Å². The maximum Gasteiger partial charge on any atom is 0.139 e. The minimum absolute atomic E-state index is 0.191. The van der Waals surface area contributed by atoms with E-state index in [1.165, 1.54) is 11.1 Å². The van der Waals surface area contributed by atoms with E-state index in [0.717, 1.165) is 17.8 Å². The second kappa shape index (κ2) is 6.23. The van der Waals surface area contributed by atoms with Gasteiger partial charge in [0.1, 0.15) is 5.78 Å². The number of hydrogen-bond donors (Lipinski definition) is 0. The molecule has 1 aromatic carbocycles. The Balaban J connectivity index is 1.96. The fourth-order valence-corrected chi connectivity index (χ4v) is 2.53. The first-order valence-corrected chi connectivity index (χ1v) is 7.10. The van der Waals surface area contributed by atoms with Crippen molar-refractivity contribution in [1.29, 1.82) is 0 Å². The standard InChI is InChI=1S/C16H19ClN2O/c1-11-5-4-6-13(9-11)7-8-14(20)10-15-16(17)12(2)18-19(15)3/h4-6,9H,7-8,10H2,1-3H3. The lowest BCUT2D eigenvalue weighted by molar-refractivity contribution is -0.118. The molecule has 4 heteroatoms. The number of carbonyl (C=O) groups excluding carboxylic acids is 1. The van der Waals surface area contributed by atoms with Gasteiger partial charge in [0.15, 0.2) is 0 Å². The fourth-order valence-electron chi connectivity index (χ4n) is 2.30. The van der Waals surface area contributed by atoms with Gasteiger partial charge in [-0.2, -0.15) is 5.10 Å². The normalized spacial score (nSPS) is 10.8. The van der Waals surface area contributed by atoms with E-state index in [0.29, 0.717) is 17.9 Å². The molecule has 2 rings (SSSR count). The van der Waals surface area contributed by atoms with Gasteiger partial charge in [-0.05, 0) is 25.8 Å². The van der Waals surface area contributed by atoms with E-state index in [9.17, 15) is 4.79 Å². The van der Waals surface area contributed by atoms with Gasteiger partial charge in [-0.3, -0.25) is 9.48 Å². The number of aryl methyl sites for hydroxylation is 4. The van der Waals surface area contributed by atoms with Gasteiger partial charge < -0.3 is 0 Å². The molecular weight excluding hydrogens is 272 g/mol. The van der Waals surface area contributed by atoms with Crippen molar-refractivity contribution >= 4 is 17.4 Å². The number of halogens is 1. The van der Waals surface area contributed by atoms with E-state index in [1.54, 1.807) is 4.68 Å². The molecule has 1 heterocycles. The van der Waals surface area contributed by atoms with Crippen LogP contribution in [0.4, 0.5) is 0 Å². The van der Waals surface area contributed by atoms with Crippen LogP contribution in [-0.4, -0.2) is 15.6 Å². The number of Topliss-reactive ketones (excluding diaryl/α,β-unsaturated/α-hetero) is 1. The Hall–Kier alpha value is -1.61. The van der Waals surface area contributed by atoms with Gasteiger partial charge in [0.25, 0.3) is 0 Å². The van der Waals surface area contributed by atoms with Crippen LogP contribution in [0.5, 0.6) is 0 Å². The zero-order valence-corrected chi connectivity index (χ0v) is 12.9. The maximum atomic E-state index is 12.1. The molecule has 0 aliphatic heterocycles. The van der Waals surface area contributed by atoms with Gasteiger partial charge in [-0.15, -0.1) is 0 Å². The summed E-state index contributed by atoms with van der Waals surface area (Å²) in [6, 6.07) is 8.26. The van der Waals surface area contributed by atoms with E-state index < -0.39 is 0 Å². The molecule has 0 amide bonds. The number of carbonyl (C=O) groups is 1. The molecule has 0 saturated carbocycles. The van der Waals surface area contributed by atoms with Crippen LogP contribution in [0.25, 0.3) is 0 Å². The summed E-state index contributed by atoms with van der Waals surface area (Å²) in [5, 5.41) is 4.83. The van der Waals surface area contributed by atoms with E-state index in [2.05, 4.69) is 30.2 Å². The van der Waals surface area contributed by atoms with Gasteiger partial charge in [-0.25, -0.2) is 0 Å². The Morgan fingerprint density at radius 1 is 1.35 bits per heavy atom. The molecule has 0 unspecified atom stereocenters. The van der Waals surface area contributed by atoms with Crippen LogP contribution in [0, 0.1) is 13.8 Å². The molecule has 2 aromatic rings. The van der Waals surface area contributed by atoms with Crippen LogP contribution in [-0.2, 0) is 24.7 Å². The summed E-state index contributed by atoms with van der Waals surface area (Å²) in [5.74, 6) is 0.191. The van der Waals surface area contributed by atoms with Crippen LogP contribution in [0.1, 0.15) is 28.9 Å². The van der Waals surface area contributed by atoms with Crippen LogP contribution in [0.15, 0.2) is 24.3 Å². The molecule has 20 heavy (non-hydrogen) atoms. The average molecular weight is 291 g/mol. The number of benzene rings is 1. The van der Waals surface area contributed by atoms with Gasteiger partial charge in [-0.1, -0.05) is 41.4 Å². The van der Waals surface area contributed by atoms with Crippen molar-refractivity contribution in [3.8, 4) is 0 Å². The molecular formula is C16H19ClN2O. The van der Waals surface area contributed by atoms with Crippen molar-refractivity contribution in [2.45, 2.75) is 33.1 Å². The first-order chi connectivity index (χ1) is 9.47. The lowest BCUT2D eigenvalue weighted by atomic mass is 10.0. The molecule has 1 aromatic heterocycles. The maximum absolute atomic E-state index is 12.1. The van der Waals surface area contributed by atoms with Crippen molar-refractivity contribution < 1.29 is 4.79 Å². The van der Waals surface area contributed by atoms with E-state index in [4.69, 9.17) is 11.6 Å². The molecule has 0 atom stereocenters. The molecule has 0 bridgehead atoms. The smallest absolute Gasteiger partial charge is 0.139 e. The molecule has 106 valence electrons. The Morgan fingerprint density at radius 2 is 2.10 bits per heavy atom. The van der Waals surface area contributed by atoms with E-state index >= 15 is 0 Å². The molecule has 0 fully saturated rings. The lowest BCUT2D eigenvalue weighted by Crippen LogP contribution is -2.08. The molecule has 0 aliphatic carbocycles. The topological polar surface area (TPSA) is 34.9 Å². The highest BCUT2D eigenvalue weighted by atomic mass is 35.5. The highest BCUT2D eigenvalue weighted by Gasteiger charge is 2.14. The summed E-state index contributed by atoms with van der Waals surface area (Å²) in [6.07, 6.45) is 1.65. The summed E-state index contributed by atoms with van der Waals surface area (Å²) >= 11 is 6.16. The summed E-state index contributed by atoms with van der Waals surface area (Å²) in [4.78, 5) is 12.1.